The van der Waals surface area contributed by atoms with Gasteiger partial charge in [-0.05, 0) is 23.3 Å². The molecule has 0 saturated carbocycles. The molecule has 1 unspecified atom stereocenters. The third-order valence-corrected chi connectivity index (χ3v) is 3.93. The number of rotatable bonds is 8. The van der Waals surface area contributed by atoms with Crippen LogP contribution in [-0.4, -0.2) is 39.2 Å². The zero-order chi connectivity index (χ0) is 20.5. The Morgan fingerprint density at radius 1 is 0.964 bits per heavy atom. The van der Waals surface area contributed by atoms with Gasteiger partial charge < -0.3 is 14.2 Å². The lowest BCUT2D eigenvalue weighted by atomic mass is 9.93. The van der Waals surface area contributed by atoms with E-state index in [0.717, 1.165) is 12.7 Å². The minimum absolute atomic E-state index is 0.00968. The molecule has 2 rings (SSSR count). The number of nitrogens with one attached hydrogen (secondary N) is 1. The largest absolute Gasteiger partial charge is 0.497 e. The highest BCUT2D eigenvalue weighted by Gasteiger charge is 2.34. The summed E-state index contributed by atoms with van der Waals surface area (Å²) in [5, 5.41) is 0. The summed E-state index contributed by atoms with van der Waals surface area (Å²) in [7, 11) is 3.77. The summed E-state index contributed by atoms with van der Waals surface area (Å²) in [6, 6.07) is 13.5. The van der Waals surface area contributed by atoms with Crippen molar-refractivity contribution < 1.29 is 33.4 Å². The van der Waals surface area contributed by atoms with Crippen LogP contribution in [-0.2, 0) is 30.5 Å². The van der Waals surface area contributed by atoms with Crippen molar-refractivity contribution in [3.05, 3.63) is 65.2 Å². The highest BCUT2D eigenvalue weighted by molar-refractivity contribution is 6.06. The van der Waals surface area contributed by atoms with Crippen LogP contribution in [0.2, 0.25) is 0 Å². The number of methoxy groups -OCH3 is 3. The van der Waals surface area contributed by atoms with E-state index in [-0.39, 0.29) is 17.7 Å². The van der Waals surface area contributed by atoms with Gasteiger partial charge in [0.05, 0.1) is 33.5 Å². The summed E-state index contributed by atoms with van der Waals surface area (Å²) < 4.78 is 14.6. The van der Waals surface area contributed by atoms with Crippen LogP contribution in [0.1, 0.15) is 27.4 Å². The number of esters is 2. The molecule has 1 N–H and O–H groups in total. The van der Waals surface area contributed by atoms with E-state index in [1.54, 1.807) is 0 Å². The van der Waals surface area contributed by atoms with Crippen molar-refractivity contribution in [2.75, 3.05) is 21.3 Å². The van der Waals surface area contributed by atoms with E-state index < -0.39 is 23.8 Å². The van der Waals surface area contributed by atoms with Gasteiger partial charge in [0.2, 0.25) is 0 Å². The molecule has 1 amide bonds. The Labute approximate surface area is 162 Å². The van der Waals surface area contributed by atoms with E-state index in [2.05, 4.69) is 5.48 Å². The molecule has 0 saturated heterocycles. The highest BCUT2D eigenvalue weighted by atomic mass is 16.7. The van der Waals surface area contributed by atoms with Gasteiger partial charge in [0.15, 0.2) is 5.92 Å². The zero-order valence-electron chi connectivity index (χ0n) is 15.8. The first-order valence-corrected chi connectivity index (χ1v) is 8.31. The number of hydrogen-bond acceptors (Lipinski definition) is 7. The molecule has 148 valence electrons. The first-order valence-electron chi connectivity index (χ1n) is 8.31. The van der Waals surface area contributed by atoms with Crippen molar-refractivity contribution in [3.63, 3.8) is 0 Å². The van der Waals surface area contributed by atoms with E-state index in [1.165, 1.54) is 32.4 Å². The lowest BCUT2D eigenvalue weighted by molar-refractivity contribution is -0.150. The molecule has 0 bridgehead atoms. The van der Waals surface area contributed by atoms with Crippen LogP contribution in [0, 0.1) is 0 Å². The molecule has 0 fully saturated rings. The van der Waals surface area contributed by atoms with Crippen molar-refractivity contribution in [2.45, 2.75) is 12.5 Å². The fourth-order valence-corrected chi connectivity index (χ4v) is 2.52. The van der Waals surface area contributed by atoms with Crippen LogP contribution < -0.4 is 10.2 Å². The molecule has 0 aliphatic rings. The monoisotopic (exact) mass is 387 g/mol. The van der Waals surface area contributed by atoms with Crippen LogP contribution >= 0.6 is 0 Å². The number of hydrogen-bond donors (Lipinski definition) is 1. The normalized spacial score (nSPS) is 11.2. The average molecular weight is 387 g/mol. The van der Waals surface area contributed by atoms with E-state index in [1.807, 2.05) is 30.3 Å². The quantitative estimate of drug-likeness (QED) is 0.420. The van der Waals surface area contributed by atoms with E-state index >= 15 is 0 Å². The fraction of sp³-hybridized carbons (Fsp3) is 0.250. The summed E-state index contributed by atoms with van der Waals surface area (Å²) in [6.07, 6.45) is 0. The van der Waals surface area contributed by atoms with Gasteiger partial charge in [0, 0.05) is 0 Å². The zero-order valence-corrected chi connectivity index (χ0v) is 15.8. The molecule has 0 spiro atoms. The number of hydroxylamine groups is 1. The third-order valence-electron chi connectivity index (χ3n) is 3.93. The van der Waals surface area contributed by atoms with Gasteiger partial charge in [-0.2, -0.15) is 0 Å². The Morgan fingerprint density at radius 2 is 1.68 bits per heavy atom. The van der Waals surface area contributed by atoms with Gasteiger partial charge in [0.25, 0.3) is 5.91 Å². The first kappa shape index (κ1) is 20.9. The molecule has 2 aromatic rings. The molecule has 8 nitrogen and oxygen atoms in total. The Kier molecular flexibility index (Phi) is 7.53. The van der Waals surface area contributed by atoms with Crippen molar-refractivity contribution >= 4 is 17.8 Å². The number of amides is 1. The van der Waals surface area contributed by atoms with Gasteiger partial charge >= 0.3 is 11.9 Å². The molecular formula is C20H21NO7. The number of ether oxygens (including phenoxy) is 3. The minimum atomic E-state index is -1.43. The lowest BCUT2D eigenvalue weighted by Gasteiger charge is -2.18. The lowest BCUT2D eigenvalue weighted by Crippen LogP contribution is -2.35. The molecule has 28 heavy (non-hydrogen) atoms. The molecule has 1 atom stereocenters. The number of carbonyl (C=O) groups excluding carboxylic acids is 3. The van der Waals surface area contributed by atoms with Crippen LogP contribution in [0.25, 0.3) is 0 Å². The maximum atomic E-state index is 12.6. The maximum absolute atomic E-state index is 12.6. The standard InChI is InChI=1S/C20H21NO7/c1-25-14-9-10-15(16(11-14)19(23)26-2)17(20(24)27-3)18(22)21-28-12-13-7-5-4-6-8-13/h4-11,17H,12H2,1-3H3,(H,21,22). The van der Waals surface area contributed by atoms with Crippen molar-refractivity contribution in [2.24, 2.45) is 0 Å². The second kappa shape index (κ2) is 10.1. The van der Waals surface area contributed by atoms with Crippen LogP contribution in [0.3, 0.4) is 0 Å². The van der Waals surface area contributed by atoms with Gasteiger partial charge in [0.1, 0.15) is 5.75 Å². The van der Waals surface area contributed by atoms with E-state index in [0.29, 0.717) is 5.75 Å². The van der Waals surface area contributed by atoms with Gasteiger partial charge in [-0.15, -0.1) is 0 Å². The second-order valence-corrected chi connectivity index (χ2v) is 5.64. The smallest absolute Gasteiger partial charge is 0.338 e. The molecule has 0 aromatic heterocycles. The minimum Gasteiger partial charge on any atom is -0.497 e. The predicted molar refractivity (Wildman–Crippen MR) is 98.5 cm³/mol. The van der Waals surface area contributed by atoms with Crippen LogP contribution in [0.15, 0.2) is 48.5 Å². The van der Waals surface area contributed by atoms with E-state index in [9.17, 15) is 14.4 Å². The van der Waals surface area contributed by atoms with Crippen LogP contribution in [0.4, 0.5) is 0 Å². The Hall–Kier alpha value is -3.39. The topological polar surface area (TPSA) is 100 Å². The molecule has 0 radical (unpaired) electrons. The van der Waals surface area contributed by atoms with E-state index in [4.69, 9.17) is 19.0 Å². The fourth-order valence-electron chi connectivity index (χ4n) is 2.52. The third kappa shape index (κ3) is 5.08. The maximum Gasteiger partial charge on any atom is 0.338 e. The highest BCUT2D eigenvalue weighted by Crippen LogP contribution is 2.27. The van der Waals surface area contributed by atoms with Gasteiger partial charge in [-0.25, -0.2) is 10.3 Å². The Bertz CT molecular complexity index is 836. The Balaban J connectivity index is 2.26. The summed E-state index contributed by atoms with van der Waals surface area (Å²) in [6.45, 7) is 0.104. The molecule has 2 aromatic carbocycles. The molecule has 0 aliphatic heterocycles. The second-order valence-electron chi connectivity index (χ2n) is 5.64. The molecule has 0 heterocycles. The summed E-state index contributed by atoms with van der Waals surface area (Å²) in [4.78, 5) is 42.3. The summed E-state index contributed by atoms with van der Waals surface area (Å²) in [5.74, 6) is -3.41. The summed E-state index contributed by atoms with van der Waals surface area (Å²) >= 11 is 0. The first-order chi connectivity index (χ1) is 13.5. The molecule has 0 aliphatic carbocycles. The van der Waals surface area contributed by atoms with Crippen LogP contribution in [0.5, 0.6) is 5.75 Å². The SMILES string of the molecule is COC(=O)c1cc(OC)ccc1C(C(=O)NOCc1ccccc1)C(=O)OC. The van der Waals surface area contributed by atoms with Gasteiger partial charge in [-0.1, -0.05) is 36.4 Å². The molecule has 8 heteroatoms. The van der Waals surface area contributed by atoms with Gasteiger partial charge in [-0.3, -0.25) is 14.4 Å². The average Bonchev–Trinajstić information content (AvgIpc) is 2.74. The Morgan fingerprint density at radius 3 is 2.29 bits per heavy atom. The molecular weight excluding hydrogens is 366 g/mol. The van der Waals surface area contributed by atoms with Crippen molar-refractivity contribution in [3.8, 4) is 5.75 Å². The van der Waals surface area contributed by atoms with Crippen molar-refractivity contribution in [1.29, 1.82) is 0 Å². The van der Waals surface area contributed by atoms with Crippen molar-refractivity contribution in [1.82, 2.24) is 5.48 Å². The predicted octanol–water partition coefficient (Wildman–Crippen LogP) is 1.99. The number of carbonyl (C=O) groups is 3. The summed E-state index contributed by atoms with van der Waals surface area (Å²) in [5.41, 5.74) is 3.19. The number of benzene rings is 2.